The van der Waals surface area contributed by atoms with Crippen molar-refractivity contribution in [1.29, 1.82) is 0 Å². The lowest BCUT2D eigenvalue weighted by Crippen LogP contribution is -2.13. The maximum atomic E-state index is 12.7. The molecule has 0 heterocycles. The van der Waals surface area contributed by atoms with Gasteiger partial charge in [0.25, 0.3) is 0 Å². The first-order valence-corrected chi connectivity index (χ1v) is 8.89. The van der Waals surface area contributed by atoms with Gasteiger partial charge in [0.05, 0.1) is 0 Å². The number of benzene rings is 3. The molecule has 3 aromatic carbocycles. The van der Waals surface area contributed by atoms with Gasteiger partial charge < -0.3 is 4.74 Å². The lowest BCUT2D eigenvalue weighted by molar-refractivity contribution is 0.102. The molecule has 1 aliphatic carbocycles. The fourth-order valence-electron chi connectivity index (χ4n) is 3.26. The summed E-state index contributed by atoms with van der Waals surface area (Å²) in [5.74, 6) is 0.979. The Morgan fingerprint density at radius 1 is 0.808 bits per heavy atom. The van der Waals surface area contributed by atoms with Crippen molar-refractivity contribution < 1.29 is 9.53 Å². The normalized spacial score (nSPS) is 14.9. The number of fused-ring (bicyclic) bond motifs is 1. The summed E-state index contributed by atoms with van der Waals surface area (Å²) in [5, 5.41) is 0. The van der Waals surface area contributed by atoms with Crippen molar-refractivity contribution >= 4 is 11.9 Å². The van der Waals surface area contributed by atoms with Gasteiger partial charge in [0.15, 0.2) is 5.78 Å². The van der Waals surface area contributed by atoms with Gasteiger partial charge in [0.1, 0.15) is 12.4 Å². The molecule has 0 spiro atoms. The van der Waals surface area contributed by atoms with E-state index in [9.17, 15) is 4.79 Å². The second kappa shape index (κ2) is 7.40. The van der Waals surface area contributed by atoms with Crippen LogP contribution in [-0.2, 0) is 13.0 Å². The van der Waals surface area contributed by atoms with Crippen LogP contribution in [0, 0.1) is 0 Å². The summed E-state index contributed by atoms with van der Waals surface area (Å²) in [5.41, 5.74) is 5.04. The zero-order valence-corrected chi connectivity index (χ0v) is 14.5. The van der Waals surface area contributed by atoms with Crippen LogP contribution < -0.4 is 4.74 Å². The zero-order valence-electron chi connectivity index (χ0n) is 14.5. The van der Waals surface area contributed by atoms with Crippen molar-refractivity contribution in [3.63, 3.8) is 0 Å². The third kappa shape index (κ3) is 3.60. The summed E-state index contributed by atoms with van der Waals surface area (Å²) in [7, 11) is 0. The molecule has 0 saturated carbocycles. The smallest absolute Gasteiger partial charge is 0.189 e. The Hall–Kier alpha value is -3.13. The molecule has 1 aliphatic rings. The van der Waals surface area contributed by atoms with Crippen LogP contribution in [0.3, 0.4) is 0 Å². The summed E-state index contributed by atoms with van der Waals surface area (Å²) >= 11 is 0. The van der Waals surface area contributed by atoms with Gasteiger partial charge in [-0.3, -0.25) is 4.79 Å². The summed E-state index contributed by atoms with van der Waals surface area (Å²) in [6.45, 7) is 0.552. The van der Waals surface area contributed by atoms with Gasteiger partial charge in [-0.05, 0) is 47.7 Å². The van der Waals surface area contributed by atoms with E-state index in [2.05, 4.69) is 0 Å². The summed E-state index contributed by atoms with van der Waals surface area (Å²) < 4.78 is 5.82. The third-order valence-electron chi connectivity index (χ3n) is 4.69. The van der Waals surface area contributed by atoms with Crippen LogP contribution in [0.2, 0.25) is 0 Å². The third-order valence-corrected chi connectivity index (χ3v) is 4.69. The Morgan fingerprint density at radius 2 is 1.54 bits per heavy atom. The van der Waals surface area contributed by atoms with Gasteiger partial charge in [-0.15, -0.1) is 0 Å². The number of carbonyl (C=O) groups excluding carboxylic acids is 1. The van der Waals surface area contributed by atoms with Crippen molar-refractivity contribution in [3.05, 3.63) is 107 Å². The molecule has 128 valence electrons. The van der Waals surface area contributed by atoms with Crippen LogP contribution in [-0.4, -0.2) is 5.78 Å². The maximum absolute atomic E-state index is 12.7. The number of rotatable bonds is 4. The van der Waals surface area contributed by atoms with Gasteiger partial charge in [-0.2, -0.15) is 0 Å². The standard InChI is InChI=1S/C24H20O2/c25-24-21(13-12-20-8-4-5-9-23(20)24)16-18-10-14-22(15-11-18)26-17-19-6-2-1-3-7-19/h1-11,14-16H,12-13,17H2. The van der Waals surface area contributed by atoms with Crippen molar-refractivity contribution in [1.82, 2.24) is 0 Å². The molecule has 0 aliphatic heterocycles. The molecular formula is C24H20O2. The topological polar surface area (TPSA) is 26.3 Å². The number of aryl methyl sites for hydroxylation is 1. The molecule has 0 aromatic heterocycles. The summed E-state index contributed by atoms with van der Waals surface area (Å²) in [6.07, 6.45) is 3.72. The minimum atomic E-state index is 0.149. The minimum Gasteiger partial charge on any atom is -0.489 e. The molecule has 0 N–H and O–H groups in total. The van der Waals surface area contributed by atoms with Crippen LogP contribution in [0.4, 0.5) is 0 Å². The predicted molar refractivity (Wildman–Crippen MR) is 104 cm³/mol. The summed E-state index contributed by atoms with van der Waals surface area (Å²) in [6, 6.07) is 25.9. The lowest BCUT2D eigenvalue weighted by atomic mass is 9.86. The number of Topliss-reactive ketones (excluding diaryl/α,β-unsaturated/α-hetero) is 1. The molecule has 0 radical (unpaired) electrons. The fourth-order valence-corrected chi connectivity index (χ4v) is 3.26. The van der Waals surface area contributed by atoms with E-state index < -0.39 is 0 Å². The summed E-state index contributed by atoms with van der Waals surface area (Å²) in [4.78, 5) is 12.7. The van der Waals surface area contributed by atoms with Crippen LogP contribution in [0.1, 0.15) is 33.5 Å². The molecule has 2 heteroatoms. The Balaban J connectivity index is 1.46. The highest BCUT2D eigenvalue weighted by Crippen LogP contribution is 2.27. The number of carbonyl (C=O) groups is 1. The van der Waals surface area contributed by atoms with Gasteiger partial charge in [-0.1, -0.05) is 66.7 Å². The second-order valence-corrected chi connectivity index (χ2v) is 6.50. The van der Waals surface area contributed by atoms with Crippen LogP contribution in [0.15, 0.2) is 84.4 Å². The largest absolute Gasteiger partial charge is 0.489 e. The van der Waals surface area contributed by atoms with Crippen molar-refractivity contribution in [2.45, 2.75) is 19.4 Å². The quantitative estimate of drug-likeness (QED) is 0.588. The second-order valence-electron chi connectivity index (χ2n) is 6.50. The van der Waals surface area contributed by atoms with E-state index in [1.165, 1.54) is 0 Å². The van der Waals surface area contributed by atoms with Crippen molar-refractivity contribution in [2.75, 3.05) is 0 Å². The van der Waals surface area contributed by atoms with Crippen molar-refractivity contribution in [3.8, 4) is 5.75 Å². The molecule has 0 saturated heterocycles. The number of hydrogen-bond donors (Lipinski definition) is 0. The van der Waals surface area contributed by atoms with Crippen LogP contribution in [0.5, 0.6) is 5.75 Å². The fraction of sp³-hybridized carbons (Fsp3) is 0.125. The van der Waals surface area contributed by atoms with E-state index >= 15 is 0 Å². The number of hydrogen-bond acceptors (Lipinski definition) is 2. The Labute approximate surface area is 153 Å². The predicted octanol–water partition coefficient (Wildman–Crippen LogP) is 5.48. The van der Waals surface area contributed by atoms with E-state index in [0.29, 0.717) is 6.61 Å². The first-order valence-electron chi connectivity index (χ1n) is 8.89. The molecule has 3 aromatic rings. The first kappa shape index (κ1) is 16.3. The molecule has 0 bridgehead atoms. The van der Waals surface area contributed by atoms with Gasteiger partial charge in [0, 0.05) is 11.1 Å². The van der Waals surface area contributed by atoms with Gasteiger partial charge >= 0.3 is 0 Å². The van der Waals surface area contributed by atoms with Crippen LogP contribution >= 0.6 is 0 Å². The SMILES string of the molecule is O=C1C(=Cc2ccc(OCc3ccccc3)cc2)CCc2ccccc21. The molecule has 0 amide bonds. The highest BCUT2D eigenvalue weighted by Gasteiger charge is 2.20. The van der Waals surface area contributed by atoms with Crippen LogP contribution in [0.25, 0.3) is 6.08 Å². The maximum Gasteiger partial charge on any atom is 0.189 e. The number of allylic oxidation sites excluding steroid dienone is 1. The van der Waals surface area contributed by atoms with Gasteiger partial charge in [0.2, 0.25) is 0 Å². The minimum absolute atomic E-state index is 0.149. The van der Waals surface area contributed by atoms with E-state index in [0.717, 1.165) is 46.4 Å². The molecule has 26 heavy (non-hydrogen) atoms. The molecule has 2 nitrogen and oxygen atoms in total. The number of ether oxygens (including phenoxy) is 1. The van der Waals surface area contributed by atoms with E-state index in [-0.39, 0.29) is 5.78 Å². The Kier molecular flexibility index (Phi) is 4.65. The van der Waals surface area contributed by atoms with E-state index in [4.69, 9.17) is 4.74 Å². The molecule has 4 rings (SSSR count). The zero-order chi connectivity index (χ0) is 17.8. The molecule has 0 atom stereocenters. The van der Waals surface area contributed by atoms with E-state index in [1.807, 2.05) is 84.9 Å². The molecular weight excluding hydrogens is 320 g/mol. The molecule has 0 fully saturated rings. The highest BCUT2D eigenvalue weighted by molar-refractivity contribution is 6.13. The molecule has 0 unspecified atom stereocenters. The average molecular weight is 340 g/mol. The van der Waals surface area contributed by atoms with E-state index in [1.54, 1.807) is 0 Å². The average Bonchev–Trinajstić information content (AvgIpc) is 2.70. The lowest BCUT2D eigenvalue weighted by Gasteiger charge is -2.17. The van der Waals surface area contributed by atoms with Gasteiger partial charge in [-0.25, -0.2) is 0 Å². The first-order chi connectivity index (χ1) is 12.8. The van der Waals surface area contributed by atoms with Crippen molar-refractivity contribution in [2.24, 2.45) is 0 Å². The monoisotopic (exact) mass is 340 g/mol. The highest BCUT2D eigenvalue weighted by atomic mass is 16.5. The number of ketones is 1. The Morgan fingerprint density at radius 3 is 2.35 bits per heavy atom. The Bertz CT molecular complexity index is 937.